The topological polar surface area (TPSA) is 51.9 Å². The van der Waals surface area contributed by atoms with E-state index < -0.39 is 0 Å². The first-order valence-corrected chi connectivity index (χ1v) is 9.44. The number of aryl methyl sites for hydroxylation is 1. The summed E-state index contributed by atoms with van der Waals surface area (Å²) in [6.45, 7) is 2.33. The van der Waals surface area contributed by atoms with Crippen LogP contribution >= 0.6 is 0 Å². The van der Waals surface area contributed by atoms with Crippen molar-refractivity contribution in [3.05, 3.63) is 102 Å². The van der Waals surface area contributed by atoms with Gasteiger partial charge in [0.25, 0.3) is 5.91 Å². The van der Waals surface area contributed by atoms with Gasteiger partial charge >= 0.3 is 0 Å². The molecule has 1 amide bonds. The molecule has 4 aromatic rings. The molecule has 0 unspecified atom stereocenters. The van der Waals surface area contributed by atoms with E-state index in [2.05, 4.69) is 10.4 Å². The van der Waals surface area contributed by atoms with E-state index >= 15 is 0 Å². The fourth-order valence-electron chi connectivity index (χ4n) is 3.31. The van der Waals surface area contributed by atoms with Gasteiger partial charge in [0.05, 0.1) is 11.4 Å². The van der Waals surface area contributed by atoms with E-state index in [0.29, 0.717) is 29.3 Å². The van der Waals surface area contributed by atoms with E-state index in [4.69, 9.17) is 0 Å². The van der Waals surface area contributed by atoms with Gasteiger partial charge in [0.2, 0.25) is 0 Å². The molecule has 29 heavy (non-hydrogen) atoms. The lowest BCUT2D eigenvalue weighted by atomic mass is 10.1. The summed E-state index contributed by atoms with van der Waals surface area (Å²) in [4.78, 5) is 13.0. The predicted octanol–water partition coefficient (Wildman–Crippen LogP) is 4.08. The van der Waals surface area contributed by atoms with Crippen molar-refractivity contribution in [1.29, 1.82) is 0 Å². The van der Waals surface area contributed by atoms with Crippen molar-refractivity contribution in [1.82, 2.24) is 19.7 Å². The Bertz CT molecular complexity index is 1100. The minimum absolute atomic E-state index is 0.185. The molecule has 2 aromatic heterocycles. The van der Waals surface area contributed by atoms with Gasteiger partial charge in [0, 0.05) is 18.9 Å². The molecule has 146 valence electrons. The second-order valence-corrected chi connectivity index (χ2v) is 6.75. The highest BCUT2D eigenvalue weighted by Gasteiger charge is 2.23. The Morgan fingerprint density at radius 2 is 1.69 bits per heavy atom. The third-order valence-corrected chi connectivity index (χ3v) is 4.73. The Morgan fingerprint density at radius 1 is 1.00 bits per heavy atom. The molecule has 0 aliphatic carbocycles. The van der Waals surface area contributed by atoms with Gasteiger partial charge in [-0.3, -0.25) is 4.79 Å². The van der Waals surface area contributed by atoms with Gasteiger partial charge < -0.3 is 9.88 Å². The average Bonchev–Trinajstić information content (AvgIpc) is 3.37. The Labute approximate surface area is 168 Å². The van der Waals surface area contributed by atoms with E-state index in [1.165, 1.54) is 12.1 Å². The van der Waals surface area contributed by atoms with Gasteiger partial charge in [0.15, 0.2) is 5.82 Å². The molecule has 4 rings (SSSR count). The van der Waals surface area contributed by atoms with Crippen LogP contribution in [0.5, 0.6) is 0 Å². The normalized spacial score (nSPS) is 10.8. The van der Waals surface area contributed by atoms with Crippen molar-refractivity contribution in [2.75, 3.05) is 6.54 Å². The summed E-state index contributed by atoms with van der Waals surface area (Å²) in [6, 6.07) is 19.8. The van der Waals surface area contributed by atoms with Gasteiger partial charge in [0.1, 0.15) is 11.4 Å². The number of hydrogen-bond donors (Lipinski definition) is 1. The van der Waals surface area contributed by atoms with E-state index in [1.807, 2.05) is 59.4 Å². The molecule has 0 aliphatic rings. The van der Waals surface area contributed by atoms with Crippen LogP contribution in [0.4, 0.5) is 4.39 Å². The fraction of sp³-hybridized carbons (Fsp3) is 0.130. The highest BCUT2D eigenvalue weighted by Crippen LogP contribution is 2.23. The quantitative estimate of drug-likeness (QED) is 0.541. The van der Waals surface area contributed by atoms with Crippen LogP contribution in [0.1, 0.15) is 21.6 Å². The highest BCUT2D eigenvalue weighted by atomic mass is 19.1. The maximum atomic E-state index is 13.4. The summed E-state index contributed by atoms with van der Waals surface area (Å²) in [5.41, 5.74) is 2.95. The summed E-state index contributed by atoms with van der Waals surface area (Å²) in [6.07, 6.45) is 4.46. The first-order chi connectivity index (χ1) is 14.1. The second-order valence-electron chi connectivity index (χ2n) is 6.75. The third-order valence-electron chi connectivity index (χ3n) is 4.73. The van der Waals surface area contributed by atoms with Crippen LogP contribution in [0.25, 0.3) is 11.5 Å². The smallest absolute Gasteiger partial charge is 0.257 e. The predicted molar refractivity (Wildman–Crippen MR) is 110 cm³/mol. The zero-order chi connectivity index (χ0) is 20.2. The molecule has 6 heteroatoms. The van der Waals surface area contributed by atoms with Crippen molar-refractivity contribution < 1.29 is 9.18 Å². The SMILES string of the molecule is Cc1nn(-c2ccc(F)cc2)c(-n2cccc2)c1C(=O)NCCc1ccccc1. The molecule has 2 heterocycles. The molecular weight excluding hydrogens is 367 g/mol. The number of benzene rings is 2. The molecule has 0 bridgehead atoms. The molecular formula is C23H21FN4O. The van der Waals surface area contributed by atoms with E-state index in [1.54, 1.807) is 23.7 Å². The zero-order valence-corrected chi connectivity index (χ0v) is 16.0. The lowest BCUT2D eigenvalue weighted by molar-refractivity contribution is 0.0953. The monoisotopic (exact) mass is 388 g/mol. The van der Waals surface area contributed by atoms with Crippen LogP contribution in [-0.2, 0) is 6.42 Å². The van der Waals surface area contributed by atoms with Crippen LogP contribution in [0.3, 0.4) is 0 Å². The Kier molecular flexibility index (Phi) is 5.24. The van der Waals surface area contributed by atoms with Crippen molar-refractivity contribution in [3.63, 3.8) is 0 Å². The van der Waals surface area contributed by atoms with E-state index in [0.717, 1.165) is 12.0 Å². The van der Waals surface area contributed by atoms with Crippen molar-refractivity contribution >= 4 is 5.91 Å². The molecule has 0 saturated carbocycles. The average molecular weight is 388 g/mol. The summed E-state index contributed by atoms with van der Waals surface area (Å²) in [5.74, 6) is 0.117. The minimum Gasteiger partial charge on any atom is -0.352 e. The van der Waals surface area contributed by atoms with Crippen molar-refractivity contribution in [2.45, 2.75) is 13.3 Å². The molecule has 0 saturated heterocycles. The summed E-state index contributed by atoms with van der Waals surface area (Å²) in [5, 5.41) is 7.57. The van der Waals surface area contributed by atoms with Gasteiger partial charge in [-0.25, -0.2) is 9.07 Å². The maximum Gasteiger partial charge on any atom is 0.257 e. The number of halogens is 1. The highest BCUT2D eigenvalue weighted by molar-refractivity contribution is 5.98. The molecule has 0 radical (unpaired) electrons. The lowest BCUT2D eigenvalue weighted by Crippen LogP contribution is -2.27. The van der Waals surface area contributed by atoms with Crippen LogP contribution in [0, 0.1) is 12.7 Å². The van der Waals surface area contributed by atoms with Gasteiger partial charge in [-0.2, -0.15) is 5.10 Å². The molecule has 0 fully saturated rings. The Balaban J connectivity index is 1.65. The second kappa shape index (κ2) is 8.14. The molecule has 2 aromatic carbocycles. The largest absolute Gasteiger partial charge is 0.352 e. The van der Waals surface area contributed by atoms with Crippen LogP contribution in [0.15, 0.2) is 79.1 Å². The number of carbonyl (C=O) groups is 1. The van der Waals surface area contributed by atoms with Crippen LogP contribution in [-0.4, -0.2) is 26.8 Å². The molecule has 5 nitrogen and oxygen atoms in total. The maximum absolute atomic E-state index is 13.4. The molecule has 0 aliphatic heterocycles. The summed E-state index contributed by atoms with van der Waals surface area (Å²) >= 11 is 0. The summed E-state index contributed by atoms with van der Waals surface area (Å²) in [7, 11) is 0. The number of carbonyl (C=O) groups excluding carboxylic acids is 1. The zero-order valence-electron chi connectivity index (χ0n) is 16.0. The first-order valence-electron chi connectivity index (χ1n) is 9.44. The number of amides is 1. The van der Waals surface area contributed by atoms with Gasteiger partial charge in [-0.05, 0) is 55.3 Å². The minimum atomic E-state index is -0.320. The first kappa shape index (κ1) is 18.7. The van der Waals surface area contributed by atoms with Crippen LogP contribution in [0.2, 0.25) is 0 Å². The standard InChI is InChI=1S/C23H21FN4O/c1-17-21(22(29)25-14-13-18-7-3-2-4-8-18)23(27-15-5-6-16-27)28(26-17)20-11-9-19(24)10-12-20/h2-12,15-16H,13-14H2,1H3,(H,25,29). The van der Waals surface area contributed by atoms with E-state index in [-0.39, 0.29) is 11.7 Å². The van der Waals surface area contributed by atoms with E-state index in [9.17, 15) is 9.18 Å². The van der Waals surface area contributed by atoms with Gasteiger partial charge in [-0.1, -0.05) is 30.3 Å². The molecule has 0 spiro atoms. The van der Waals surface area contributed by atoms with Crippen molar-refractivity contribution in [3.8, 4) is 11.5 Å². The summed E-state index contributed by atoms with van der Waals surface area (Å²) < 4.78 is 16.9. The van der Waals surface area contributed by atoms with Gasteiger partial charge in [-0.15, -0.1) is 0 Å². The Hall–Kier alpha value is -3.67. The number of nitrogens with one attached hydrogen (secondary N) is 1. The fourth-order valence-corrected chi connectivity index (χ4v) is 3.31. The van der Waals surface area contributed by atoms with Crippen molar-refractivity contribution in [2.24, 2.45) is 0 Å². The number of rotatable bonds is 6. The number of hydrogen-bond acceptors (Lipinski definition) is 2. The molecule has 0 atom stereocenters. The number of nitrogens with zero attached hydrogens (tertiary/aromatic N) is 3. The Morgan fingerprint density at radius 3 is 2.38 bits per heavy atom. The molecule has 1 N–H and O–H groups in total. The number of aromatic nitrogens is 3. The third kappa shape index (κ3) is 3.96. The lowest BCUT2D eigenvalue weighted by Gasteiger charge is -2.11. The van der Waals surface area contributed by atoms with Crippen LogP contribution < -0.4 is 5.32 Å².